The zero-order chi connectivity index (χ0) is 12.7. The zero-order valence-electron chi connectivity index (χ0n) is 10.1. The normalized spacial score (nSPS) is 12.7. The predicted molar refractivity (Wildman–Crippen MR) is 71.0 cm³/mol. The number of aliphatic hydroxyl groups excluding tert-OH is 1. The highest BCUT2D eigenvalue weighted by Crippen LogP contribution is 2.08. The molecule has 1 N–H and O–H groups in total. The van der Waals surface area contributed by atoms with E-state index in [0.29, 0.717) is 11.7 Å². The molecule has 17 heavy (non-hydrogen) atoms. The van der Waals surface area contributed by atoms with Crippen LogP contribution in [0.25, 0.3) is 0 Å². The molecular weight excluding hydrogens is 236 g/mol. The first-order valence-corrected chi connectivity index (χ1v) is 6.07. The Labute approximate surface area is 108 Å². The first kappa shape index (κ1) is 14.2. The molecule has 1 unspecified atom stereocenters. The Hall–Kier alpha value is -0.900. The minimum atomic E-state index is -0.307. The number of aliphatic hydroxyl groups is 1. The Morgan fingerprint density at radius 1 is 1.59 bits per heavy atom. The van der Waals surface area contributed by atoms with E-state index in [-0.39, 0.29) is 6.10 Å². The third kappa shape index (κ3) is 5.82. The molecule has 0 amide bonds. The maximum Gasteiger partial charge on any atom is 0.129 e. The van der Waals surface area contributed by atoms with Crippen LogP contribution < -0.4 is 0 Å². The van der Waals surface area contributed by atoms with Crippen molar-refractivity contribution >= 4 is 11.6 Å². The molecule has 0 saturated heterocycles. The van der Waals surface area contributed by atoms with E-state index in [1.54, 1.807) is 12.3 Å². The van der Waals surface area contributed by atoms with E-state index < -0.39 is 0 Å². The number of likely N-dealkylation sites (N-methyl/N-ethyl adjacent to an activating group) is 1. The number of allylic oxidation sites excluding steroid dienone is 1. The summed E-state index contributed by atoms with van der Waals surface area (Å²) in [6, 6.07) is 3.72. The van der Waals surface area contributed by atoms with Crippen LogP contribution in [0.1, 0.15) is 18.4 Å². The van der Waals surface area contributed by atoms with Crippen molar-refractivity contribution in [2.24, 2.45) is 0 Å². The number of aromatic nitrogens is 1. The maximum absolute atomic E-state index is 9.75. The number of pyridine rings is 1. The summed E-state index contributed by atoms with van der Waals surface area (Å²) < 4.78 is 0. The van der Waals surface area contributed by atoms with Crippen LogP contribution in [0.3, 0.4) is 0 Å². The Morgan fingerprint density at radius 2 is 2.35 bits per heavy atom. The Bertz CT molecular complexity index is 340. The van der Waals surface area contributed by atoms with Gasteiger partial charge >= 0.3 is 0 Å². The van der Waals surface area contributed by atoms with Crippen molar-refractivity contribution in [3.8, 4) is 0 Å². The molecule has 0 aliphatic carbocycles. The molecule has 0 fully saturated rings. The van der Waals surface area contributed by atoms with E-state index in [9.17, 15) is 5.11 Å². The van der Waals surface area contributed by atoms with Gasteiger partial charge in [-0.25, -0.2) is 4.98 Å². The largest absolute Gasteiger partial charge is 0.392 e. The fourth-order valence-corrected chi connectivity index (χ4v) is 1.75. The smallest absolute Gasteiger partial charge is 0.129 e. The highest BCUT2D eigenvalue weighted by atomic mass is 35.5. The van der Waals surface area contributed by atoms with Crippen LogP contribution in [-0.4, -0.2) is 34.7 Å². The third-order valence-electron chi connectivity index (χ3n) is 2.47. The molecule has 0 spiro atoms. The quantitative estimate of drug-likeness (QED) is 0.600. The first-order valence-electron chi connectivity index (χ1n) is 5.69. The van der Waals surface area contributed by atoms with Crippen LogP contribution in [0.5, 0.6) is 0 Å². The van der Waals surface area contributed by atoms with Crippen molar-refractivity contribution in [3.63, 3.8) is 0 Å². The molecule has 0 saturated carbocycles. The monoisotopic (exact) mass is 254 g/mol. The molecule has 1 aromatic rings. The molecule has 1 rings (SSSR count). The fraction of sp³-hybridized carbons (Fsp3) is 0.462. The van der Waals surface area contributed by atoms with Crippen molar-refractivity contribution in [3.05, 3.63) is 41.7 Å². The molecule has 1 heterocycles. The lowest BCUT2D eigenvalue weighted by atomic mass is 10.2. The summed E-state index contributed by atoms with van der Waals surface area (Å²) in [6.45, 7) is 5.05. The van der Waals surface area contributed by atoms with Crippen LogP contribution in [-0.2, 0) is 6.54 Å². The SMILES string of the molecule is C=CCCC(O)CN(C)Cc1ccc(Cl)nc1. The minimum absolute atomic E-state index is 0.307. The van der Waals surface area contributed by atoms with Crippen LogP contribution in [0.15, 0.2) is 31.0 Å². The van der Waals surface area contributed by atoms with Crippen molar-refractivity contribution in [1.29, 1.82) is 0 Å². The Balaban J connectivity index is 2.35. The van der Waals surface area contributed by atoms with Gasteiger partial charge in [-0.15, -0.1) is 6.58 Å². The predicted octanol–water partition coefficient (Wildman–Crippen LogP) is 2.49. The first-order chi connectivity index (χ1) is 8.11. The number of halogens is 1. The van der Waals surface area contributed by atoms with Gasteiger partial charge in [0.05, 0.1) is 6.10 Å². The average molecular weight is 255 g/mol. The van der Waals surface area contributed by atoms with Gasteiger partial charge in [-0.05, 0) is 31.5 Å². The summed E-state index contributed by atoms with van der Waals surface area (Å²) in [7, 11) is 1.98. The van der Waals surface area contributed by atoms with Crippen molar-refractivity contribution in [2.45, 2.75) is 25.5 Å². The summed E-state index contributed by atoms with van der Waals surface area (Å²) in [5, 5.41) is 10.2. The number of hydrogen-bond acceptors (Lipinski definition) is 3. The summed E-state index contributed by atoms with van der Waals surface area (Å²) >= 11 is 5.72. The minimum Gasteiger partial charge on any atom is -0.392 e. The van der Waals surface area contributed by atoms with Crippen molar-refractivity contribution in [2.75, 3.05) is 13.6 Å². The third-order valence-corrected chi connectivity index (χ3v) is 2.69. The van der Waals surface area contributed by atoms with Gasteiger partial charge in [-0.1, -0.05) is 23.7 Å². The average Bonchev–Trinajstić information content (AvgIpc) is 2.29. The number of hydrogen-bond donors (Lipinski definition) is 1. The second-order valence-corrected chi connectivity index (χ2v) is 4.59. The maximum atomic E-state index is 9.75. The van der Waals surface area contributed by atoms with Crippen molar-refractivity contribution in [1.82, 2.24) is 9.88 Å². The molecule has 0 aliphatic rings. The lowest BCUT2D eigenvalue weighted by molar-refractivity contribution is 0.116. The summed E-state index contributed by atoms with van der Waals surface area (Å²) in [5.41, 5.74) is 1.09. The standard InChI is InChI=1S/C13H19ClN2O/c1-3-4-5-12(17)10-16(2)9-11-6-7-13(14)15-8-11/h3,6-8,12,17H,1,4-5,9-10H2,2H3. The van der Waals surface area contributed by atoms with Gasteiger partial charge in [0.25, 0.3) is 0 Å². The van der Waals surface area contributed by atoms with E-state index in [4.69, 9.17) is 11.6 Å². The highest BCUT2D eigenvalue weighted by Gasteiger charge is 2.07. The Morgan fingerprint density at radius 3 is 2.94 bits per heavy atom. The van der Waals surface area contributed by atoms with Gasteiger partial charge in [0.2, 0.25) is 0 Å². The van der Waals surface area contributed by atoms with Crippen molar-refractivity contribution < 1.29 is 5.11 Å². The van der Waals surface area contributed by atoms with Crippen LogP contribution in [0.4, 0.5) is 0 Å². The van der Waals surface area contributed by atoms with Gasteiger partial charge < -0.3 is 5.11 Å². The lowest BCUT2D eigenvalue weighted by Crippen LogP contribution is -2.28. The topological polar surface area (TPSA) is 36.4 Å². The molecule has 4 heteroatoms. The fourth-order valence-electron chi connectivity index (χ4n) is 1.64. The van der Waals surface area contributed by atoms with E-state index >= 15 is 0 Å². The van der Waals surface area contributed by atoms with E-state index in [1.165, 1.54) is 0 Å². The summed E-state index contributed by atoms with van der Waals surface area (Å²) in [6.07, 6.45) is 4.88. The van der Waals surface area contributed by atoms with Crippen LogP contribution in [0, 0.1) is 0 Å². The van der Waals surface area contributed by atoms with Gasteiger partial charge in [0.15, 0.2) is 0 Å². The van der Waals surface area contributed by atoms with Gasteiger partial charge in [-0.2, -0.15) is 0 Å². The molecule has 0 aliphatic heterocycles. The highest BCUT2D eigenvalue weighted by molar-refractivity contribution is 6.29. The van der Waals surface area contributed by atoms with E-state index in [1.807, 2.05) is 19.2 Å². The molecule has 0 aromatic carbocycles. The summed E-state index contributed by atoms with van der Waals surface area (Å²) in [5.74, 6) is 0. The molecule has 0 bridgehead atoms. The molecule has 0 radical (unpaired) electrons. The lowest BCUT2D eigenvalue weighted by Gasteiger charge is -2.20. The second kappa shape index (κ2) is 7.43. The zero-order valence-corrected chi connectivity index (χ0v) is 10.9. The molecule has 1 aromatic heterocycles. The van der Waals surface area contributed by atoms with E-state index in [0.717, 1.165) is 24.9 Å². The second-order valence-electron chi connectivity index (χ2n) is 4.21. The molecular formula is C13H19ClN2O. The van der Waals surface area contributed by atoms with Gasteiger partial charge in [0, 0.05) is 19.3 Å². The Kier molecular flexibility index (Phi) is 6.19. The molecule has 94 valence electrons. The van der Waals surface area contributed by atoms with E-state index in [2.05, 4.69) is 16.5 Å². The number of nitrogens with zero attached hydrogens (tertiary/aromatic N) is 2. The molecule has 3 nitrogen and oxygen atoms in total. The van der Waals surface area contributed by atoms with Crippen LogP contribution in [0.2, 0.25) is 5.15 Å². The molecule has 1 atom stereocenters. The number of rotatable bonds is 7. The summed E-state index contributed by atoms with van der Waals surface area (Å²) in [4.78, 5) is 6.09. The van der Waals surface area contributed by atoms with Gasteiger partial charge in [-0.3, -0.25) is 4.90 Å². The van der Waals surface area contributed by atoms with Gasteiger partial charge in [0.1, 0.15) is 5.15 Å². The van der Waals surface area contributed by atoms with Crippen LogP contribution >= 0.6 is 11.6 Å².